The van der Waals surface area contributed by atoms with E-state index in [0.717, 1.165) is 11.9 Å². The van der Waals surface area contributed by atoms with E-state index in [-0.39, 0.29) is 11.5 Å². The van der Waals surface area contributed by atoms with Crippen LogP contribution < -0.4 is 4.74 Å². The van der Waals surface area contributed by atoms with Gasteiger partial charge < -0.3 is 18.8 Å². The van der Waals surface area contributed by atoms with Crippen molar-refractivity contribution in [2.45, 2.75) is 44.4 Å². The minimum Gasteiger partial charge on any atom is -0.479 e. The summed E-state index contributed by atoms with van der Waals surface area (Å²) >= 11 is 0. The Labute approximate surface area is 199 Å². The average Bonchev–Trinajstić information content (AvgIpc) is 3.20. The van der Waals surface area contributed by atoms with E-state index in [9.17, 15) is 13.2 Å². The second-order valence-corrected chi connectivity index (χ2v) is 9.97. The number of esters is 1. The van der Waals surface area contributed by atoms with Gasteiger partial charge in [-0.25, -0.2) is 18.2 Å². The maximum absolute atomic E-state index is 13.0. The van der Waals surface area contributed by atoms with Crippen molar-refractivity contribution in [1.82, 2.24) is 13.9 Å². The van der Waals surface area contributed by atoms with Crippen molar-refractivity contribution >= 4 is 27.0 Å². The van der Waals surface area contributed by atoms with Crippen molar-refractivity contribution in [3.63, 3.8) is 0 Å². The van der Waals surface area contributed by atoms with E-state index < -0.39 is 22.1 Å². The molecule has 3 aromatic rings. The van der Waals surface area contributed by atoms with E-state index in [2.05, 4.69) is 4.98 Å². The number of hydrogen-bond acceptors (Lipinski definition) is 7. The number of aromatic nitrogens is 2. The van der Waals surface area contributed by atoms with Crippen LogP contribution in [0.3, 0.4) is 0 Å². The molecule has 2 heterocycles. The number of carbonyl (C=O) groups is 1. The van der Waals surface area contributed by atoms with E-state index >= 15 is 0 Å². The van der Waals surface area contributed by atoms with Crippen LogP contribution in [0, 0.1) is 0 Å². The van der Waals surface area contributed by atoms with Crippen LogP contribution in [0.15, 0.2) is 53.4 Å². The zero-order valence-corrected chi connectivity index (χ0v) is 20.2. The normalized spacial score (nSPS) is 15.8. The predicted molar refractivity (Wildman–Crippen MR) is 126 cm³/mol. The van der Waals surface area contributed by atoms with Gasteiger partial charge in [0.1, 0.15) is 18.2 Å². The first kappa shape index (κ1) is 24.2. The lowest BCUT2D eigenvalue weighted by atomic mass is 10.3. The lowest BCUT2D eigenvalue weighted by Gasteiger charge is -2.26. The fourth-order valence-corrected chi connectivity index (χ4v) is 5.27. The molecule has 1 saturated heterocycles. The minimum absolute atomic E-state index is 0.0401. The van der Waals surface area contributed by atoms with Crippen molar-refractivity contribution in [2.24, 2.45) is 0 Å². The number of fused-ring (bicyclic) bond motifs is 1. The highest BCUT2D eigenvalue weighted by molar-refractivity contribution is 7.89. The van der Waals surface area contributed by atoms with Gasteiger partial charge in [0.15, 0.2) is 6.10 Å². The Morgan fingerprint density at radius 1 is 1.15 bits per heavy atom. The summed E-state index contributed by atoms with van der Waals surface area (Å²) in [5.41, 5.74) is 1.34. The molecule has 4 rings (SSSR count). The monoisotopic (exact) mass is 487 g/mol. The Kier molecular flexibility index (Phi) is 7.50. The number of carbonyl (C=O) groups excluding carboxylic acids is 1. The van der Waals surface area contributed by atoms with Crippen LogP contribution in [-0.4, -0.2) is 60.7 Å². The minimum atomic E-state index is -3.63. The number of sulfonamides is 1. The lowest BCUT2D eigenvalue weighted by Crippen LogP contribution is -2.40. The Morgan fingerprint density at radius 3 is 2.59 bits per heavy atom. The molecule has 0 saturated carbocycles. The highest BCUT2D eigenvalue weighted by Crippen LogP contribution is 2.24. The van der Waals surface area contributed by atoms with E-state index in [4.69, 9.17) is 14.2 Å². The summed E-state index contributed by atoms with van der Waals surface area (Å²) < 4.78 is 45.8. The molecule has 182 valence electrons. The zero-order valence-electron chi connectivity index (χ0n) is 19.3. The summed E-state index contributed by atoms with van der Waals surface area (Å²) in [5.74, 6) is 0.631. The summed E-state index contributed by atoms with van der Waals surface area (Å²) in [6.07, 6.45) is 0.0602. The van der Waals surface area contributed by atoms with Gasteiger partial charge in [0.05, 0.1) is 29.1 Å². The Balaban J connectivity index is 1.52. The van der Waals surface area contributed by atoms with Crippen molar-refractivity contribution in [3.8, 4) is 5.75 Å². The Morgan fingerprint density at radius 2 is 1.88 bits per heavy atom. The Bertz CT molecular complexity index is 1240. The predicted octanol–water partition coefficient (Wildman–Crippen LogP) is 2.98. The molecule has 10 heteroatoms. The molecular weight excluding hydrogens is 458 g/mol. The lowest BCUT2D eigenvalue weighted by molar-refractivity contribution is -0.152. The van der Waals surface area contributed by atoms with Crippen LogP contribution in [0.4, 0.5) is 0 Å². The van der Waals surface area contributed by atoms with Crippen molar-refractivity contribution in [2.75, 3.05) is 26.3 Å². The molecule has 9 nitrogen and oxygen atoms in total. The quantitative estimate of drug-likeness (QED) is 0.428. The number of imidazole rings is 1. The number of para-hydroxylation sites is 1. The van der Waals surface area contributed by atoms with Gasteiger partial charge in [-0.05, 0) is 43.7 Å². The molecule has 34 heavy (non-hydrogen) atoms. The third-order valence-corrected chi connectivity index (χ3v) is 7.48. The van der Waals surface area contributed by atoms with Gasteiger partial charge >= 0.3 is 5.97 Å². The fraction of sp³-hybridized carbons (Fsp3) is 0.417. The fourth-order valence-electron chi connectivity index (χ4n) is 3.84. The standard InChI is InChI=1S/C24H29N3O6S/c1-3-11-27-22-10-9-20(34(29,30)26-12-14-31-15-13-26)16-21(22)25-23(27)17-32-24(28)18(2)33-19-7-5-4-6-8-19/h4-10,16,18H,3,11-15,17H2,1-2H3. The van der Waals surface area contributed by atoms with E-state index in [1.54, 1.807) is 37.3 Å². The topological polar surface area (TPSA) is 100.0 Å². The van der Waals surface area contributed by atoms with Crippen LogP contribution in [0.2, 0.25) is 0 Å². The van der Waals surface area contributed by atoms with Crippen LogP contribution in [0.1, 0.15) is 26.1 Å². The first-order chi connectivity index (χ1) is 16.4. The smallest absolute Gasteiger partial charge is 0.347 e. The van der Waals surface area contributed by atoms with E-state index in [1.165, 1.54) is 4.31 Å². The van der Waals surface area contributed by atoms with E-state index in [0.29, 0.717) is 49.9 Å². The SMILES string of the molecule is CCCn1c(COC(=O)C(C)Oc2ccccc2)nc2cc(S(=O)(=O)N3CCOCC3)ccc21. The van der Waals surface area contributed by atoms with Gasteiger partial charge in [-0.2, -0.15) is 4.31 Å². The summed E-state index contributed by atoms with van der Waals surface area (Å²) in [5, 5.41) is 0. The number of benzene rings is 2. The summed E-state index contributed by atoms with van der Waals surface area (Å²) in [6, 6.07) is 14.0. The van der Waals surface area contributed by atoms with Crippen LogP contribution >= 0.6 is 0 Å². The summed E-state index contributed by atoms with van der Waals surface area (Å²) in [6.45, 7) is 5.71. The van der Waals surface area contributed by atoms with Crippen LogP contribution in [0.5, 0.6) is 5.75 Å². The van der Waals surface area contributed by atoms with Crippen molar-refractivity contribution in [3.05, 3.63) is 54.4 Å². The number of hydrogen-bond donors (Lipinski definition) is 0. The largest absolute Gasteiger partial charge is 0.479 e. The van der Waals surface area contributed by atoms with Gasteiger partial charge in [0.25, 0.3) is 0 Å². The van der Waals surface area contributed by atoms with E-state index in [1.807, 2.05) is 29.7 Å². The molecule has 0 bridgehead atoms. The first-order valence-electron chi connectivity index (χ1n) is 11.4. The molecule has 2 aromatic carbocycles. The zero-order chi connectivity index (χ0) is 24.1. The van der Waals surface area contributed by atoms with Crippen molar-refractivity contribution < 1.29 is 27.4 Å². The molecule has 0 aliphatic carbocycles. The number of morpholine rings is 1. The maximum Gasteiger partial charge on any atom is 0.347 e. The van der Waals surface area contributed by atoms with Gasteiger partial charge in [0, 0.05) is 19.6 Å². The van der Waals surface area contributed by atoms with Gasteiger partial charge in [-0.15, -0.1) is 0 Å². The first-order valence-corrected chi connectivity index (χ1v) is 12.8. The molecule has 1 aliphatic rings. The van der Waals surface area contributed by atoms with Gasteiger partial charge in [-0.1, -0.05) is 25.1 Å². The average molecular weight is 488 g/mol. The molecule has 0 amide bonds. The highest BCUT2D eigenvalue weighted by Gasteiger charge is 2.27. The van der Waals surface area contributed by atoms with Gasteiger partial charge in [0.2, 0.25) is 10.0 Å². The molecule has 1 unspecified atom stereocenters. The summed E-state index contributed by atoms with van der Waals surface area (Å²) in [4.78, 5) is 17.3. The van der Waals surface area contributed by atoms with Gasteiger partial charge in [-0.3, -0.25) is 0 Å². The van der Waals surface area contributed by atoms with Crippen LogP contribution in [-0.2, 0) is 37.4 Å². The molecule has 0 N–H and O–H groups in total. The molecule has 1 fully saturated rings. The van der Waals surface area contributed by atoms with Crippen molar-refractivity contribution in [1.29, 1.82) is 0 Å². The molecule has 1 aromatic heterocycles. The second kappa shape index (κ2) is 10.5. The summed E-state index contributed by atoms with van der Waals surface area (Å²) in [7, 11) is -3.63. The third-order valence-electron chi connectivity index (χ3n) is 5.59. The number of rotatable bonds is 9. The molecule has 0 radical (unpaired) electrons. The highest BCUT2D eigenvalue weighted by atomic mass is 32.2. The second-order valence-electron chi connectivity index (χ2n) is 8.03. The number of aryl methyl sites for hydroxylation is 1. The molecule has 1 atom stereocenters. The third kappa shape index (κ3) is 5.24. The molecular formula is C24H29N3O6S. The Hall–Kier alpha value is -2.95. The number of nitrogens with zero attached hydrogens (tertiary/aromatic N) is 3. The van der Waals surface area contributed by atoms with Crippen LogP contribution in [0.25, 0.3) is 11.0 Å². The number of ether oxygens (including phenoxy) is 3. The molecule has 1 aliphatic heterocycles. The maximum atomic E-state index is 13.0. The molecule has 0 spiro atoms.